The van der Waals surface area contributed by atoms with E-state index in [9.17, 15) is 5.11 Å². The lowest BCUT2D eigenvalue weighted by atomic mass is 9.59. The van der Waals surface area contributed by atoms with E-state index in [1.807, 2.05) is 0 Å². The fourth-order valence-electron chi connectivity index (χ4n) is 4.52. The number of benzene rings is 1. The Bertz CT molecular complexity index is 446. The van der Waals surface area contributed by atoms with E-state index in [4.69, 9.17) is 0 Å². The van der Waals surface area contributed by atoms with Gasteiger partial charge < -0.3 is 5.11 Å². The van der Waals surface area contributed by atoms with Crippen LogP contribution in [0.4, 0.5) is 0 Å². The SMILES string of the molecule is C[C@@H]1[C@H]2CCN(Cc3ccccc3)C[C@]2(C)CC[C@@H]1O. The predicted molar refractivity (Wildman–Crippen MR) is 82.3 cm³/mol. The largest absolute Gasteiger partial charge is 0.393 e. The highest BCUT2D eigenvalue weighted by Crippen LogP contribution is 2.48. The van der Waals surface area contributed by atoms with Crippen LogP contribution in [0.1, 0.15) is 38.7 Å². The van der Waals surface area contributed by atoms with Crippen molar-refractivity contribution in [1.29, 1.82) is 0 Å². The molecule has 1 aliphatic carbocycles. The van der Waals surface area contributed by atoms with Gasteiger partial charge in [-0.15, -0.1) is 0 Å². The molecule has 20 heavy (non-hydrogen) atoms. The van der Waals surface area contributed by atoms with Gasteiger partial charge >= 0.3 is 0 Å². The first-order chi connectivity index (χ1) is 9.58. The van der Waals surface area contributed by atoms with Gasteiger partial charge in [0.05, 0.1) is 6.10 Å². The minimum Gasteiger partial charge on any atom is -0.393 e. The van der Waals surface area contributed by atoms with Crippen LogP contribution in [0.15, 0.2) is 30.3 Å². The zero-order chi connectivity index (χ0) is 14.2. The summed E-state index contributed by atoms with van der Waals surface area (Å²) in [6.45, 7) is 8.12. The van der Waals surface area contributed by atoms with Crippen LogP contribution in [-0.2, 0) is 6.54 Å². The van der Waals surface area contributed by atoms with Crippen molar-refractivity contribution in [1.82, 2.24) is 4.90 Å². The van der Waals surface area contributed by atoms with Gasteiger partial charge in [-0.3, -0.25) is 4.90 Å². The van der Waals surface area contributed by atoms with Crippen molar-refractivity contribution in [2.45, 2.75) is 45.8 Å². The average Bonchev–Trinajstić information content (AvgIpc) is 2.44. The molecule has 1 heterocycles. The van der Waals surface area contributed by atoms with Crippen molar-refractivity contribution in [2.24, 2.45) is 17.3 Å². The van der Waals surface area contributed by atoms with Crippen LogP contribution in [0, 0.1) is 17.3 Å². The molecular formula is C18H27NO. The van der Waals surface area contributed by atoms with E-state index in [2.05, 4.69) is 49.1 Å². The molecule has 0 radical (unpaired) electrons. The van der Waals surface area contributed by atoms with Gasteiger partial charge in [-0.25, -0.2) is 0 Å². The Balaban J connectivity index is 1.68. The van der Waals surface area contributed by atoms with Crippen molar-refractivity contribution >= 4 is 0 Å². The van der Waals surface area contributed by atoms with E-state index >= 15 is 0 Å². The number of likely N-dealkylation sites (tertiary alicyclic amines) is 1. The van der Waals surface area contributed by atoms with Gasteiger partial charge in [0.1, 0.15) is 0 Å². The summed E-state index contributed by atoms with van der Waals surface area (Å²) in [4.78, 5) is 2.61. The van der Waals surface area contributed by atoms with Gasteiger partial charge in [0.15, 0.2) is 0 Å². The summed E-state index contributed by atoms with van der Waals surface area (Å²) in [5.41, 5.74) is 1.81. The lowest BCUT2D eigenvalue weighted by Gasteiger charge is -2.53. The number of aliphatic hydroxyl groups excluding tert-OH is 1. The molecule has 1 N–H and O–H groups in total. The molecule has 110 valence electrons. The summed E-state index contributed by atoms with van der Waals surface area (Å²) >= 11 is 0. The first-order valence-electron chi connectivity index (χ1n) is 8.03. The molecule has 1 aliphatic heterocycles. The molecule has 0 bridgehead atoms. The van der Waals surface area contributed by atoms with Crippen LogP contribution in [0.3, 0.4) is 0 Å². The van der Waals surface area contributed by atoms with Gasteiger partial charge in [0, 0.05) is 13.1 Å². The highest BCUT2D eigenvalue weighted by molar-refractivity contribution is 5.14. The van der Waals surface area contributed by atoms with Crippen molar-refractivity contribution < 1.29 is 5.11 Å². The average molecular weight is 273 g/mol. The minimum atomic E-state index is -0.0752. The maximum Gasteiger partial charge on any atom is 0.0568 e. The number of piperidine rings is 1. The maximum absolute atomic E-state index is 10.1. The molecule has 2 heteroatoms. The van der Waals surface area contributed by atoms with Crippen LogP contribution in [0.5, 0.6) is 0 Å². The Kier molecular flexibility index (Phi) is 3.87. The molecule has 2 nitrogen and oxygen atoms in total. The molecule has 2 aliphatic rings. The normalized spacial score (nSPS) is 38.5. The van der Waals surface area contributed by atoms with Crippen molar-refractivity contribution in [3.63, 3.8) is 0 Å². The quantitative estimate of drug-likeness (QED) is 0.893. The van der Waals surface area contributed by atoms with E-state index in [-0.39, 0.29) is 6.10 Å². The fourth-order valence-corrected chi connectivity index (χ4v) is 4.52. The molecule has 0 unspecified atom stereocenters. The molecule has 4 atom stereocenters. The van der Waals surface area contributed by atoms with Gasteiger partial charge in [0.25, 0.3) is 0 Å². The molecule has 0 aromatic heterocycles. The Morgan fingerprint density at radius 1 is 1.25 bits per heavy atom. The zero-order valence-electron chi connectivity index (χ0n) is 12.8. The van der Waals surface area contributed by atoms with E-state index in [1.165, 1.54) is 31.5 Å². The van der Waals surface area contributed by atoms with Crippen LogP contribution in [-0.4, -0.2) is 29.2 Å². The van der Waals surface area contributed by atoms with Crippen LogP contribution in [0.2, 0.25) is 0 Å². The summed E-state index contributed by atoms with van der Waals surface area (Å²) in [6, 6.07) is 10.8. The lowest BCUT2D eigenvalue weighted by Crippen LogP contribution is -2.53. The molecular weight excluding hydrogens is 246 g/mol. The molecule has 1 saturated heterocycles. The monoisotopic (exact) mass is 273 g/mol. The number of fused-ring (bicyclic) bond motifs is 1. The summed E-state index contributed by atoms with van der Waals surface area (Å²) in [5, 5.41) is 10.1. The summed E-state index contributed by atoms with van der Waals surface area (Å²) in [6.07, 6.45) is 3.32. The van der Waals surface area contributed by atoms with Gasteiger partial charge in [-0.2, -0.15) is 0 Å². The van der Waals surface area contributed by atoms with Gasteiger partial charge in [-0.1, -0.05) is 44.2 Å². The highest BCUT2D eigenvalue weighted by Gasteiger charge is 2.46. The van der Waals surface area contributed by atoms with Gasteiger partial charge in [-0.05, 0) is 48.6 Å². The molecule has 0 amide bonds. The third-order valence-corrected chi connectivity index (χ3v) is 5.74. The van der Waals surface area contributed by atoms with Crippen molar-refractivity contribution in [3.8, 4) is 0 Å². The molecule has 0 spiro atoms. The van der Waals surface area contributed by atoms with Gasteiger partial charge in [0.2, 0.25) is 0 Å². The van der Waals surface area contributed by atoms with Crippen LogP contribution in [0.25, 0.3) is 0 Å². The van der Waals surface area contributed by atoms with Crippen molar-refractivity contribution in [3.05, 3.63) is 35.9 Å². The smallest absolute Gasteiger partial charge is 0.0568 e. The van der Waals surface area contributed by atoms with Crippen LogP contribution < -0.4 is 0 Å². The summed E-state index contributed by atoms with van der Waals surface area (Å²) in [7, 11) is 0. The van der Waals surface area contributed by atoms with E-state index < -0.39 is 0 Å². The Hall–Kier alpha value is -0.860. The molecule has 1 saturated carbocycles. The summed E-state index contributed by atoms with van der Waals surface area (Å²) < 4.78 is 0. The van der Waals surface area contributed by atoms with E-state index in [0.717, 1.165) is 13.0 Å². The molecule has 1 aromatic rings. The Labute approximate surface area is 122 Å². The Morgan fingerprint density at radius 3 is 2.75 bits per heavy atom. The second-order valence-electron chi connectivity index (χ2n) is 7.21. The second kappa shape index (κ2) is 5.50. The maximum atomic E-state index is 10.1. The highest BCUT2D eigenvalue weighted by atomic mass is 16.3. The number of aliphatic hydroxyl groups is 1. The third kappa shape index (κ3) is 2.64. The summed E-state index contributed by atoms with van der Waals surface area (Å²) in [5.74, 6) is 1.16. The minimum absolute atomic E-state index is 0.0752. The predicted octanol–water partition coefficient (Wildman–Crippen LogP) is 3.31. The number of hydrogen-bond acceptors (Lipinski definition) is 2. The van der Waals surface area contributed by atoms with E-state index in [0.29, 0.717) is 17.3 Å². The first kappa shape index (κ1) is 14.1. The van der Waals surface area contributed by atoms with Crippen LogP contribution >= 0.6 is 0 Å². The topological polar surface area (TPSA) is 23.5 Å². The first-order valence-corrected chi connectivity index (χ1v) is 8.03. The number of nitrogens with zero attached hydrogens (tertiary/aromatic N) is 1. The van der Waals surface area contributed by atoms with E-state index in [1.54, 1.807) is 0 Å². The lowest BCUT2D eigenvalue weighted by molar-refractivity contribution is -0.0784. The number of hydrogen-bond donors (Lipinski definition) is 1. The zero-order valence-corrected chi connectivity index (χ0v) is 12.8. The molecule has 2 fully saturated rings. The standard InChI is InChI=1S/C18H27NO/c1-14-16-9-11-19(12-15-6-4-3-5-7-15)13-18(16,2)10-8-17(14)20/h3-7,14,16-17,20H,8-13H2,1-2H3/t14-,16-,17+,18+/m1/s1. The molecule has 1 aromatic carbocycles. The molecule has 3 rings (SSSR count). The third-order valence-electron chi connectivity index (χ3n) is 5.74. The fraction of sp³-hybridized carbons (Fsp3) is 0.667. The second-order valence-corrected chi connectivity index (χ2v) is 7.21. The van der Waals surface area contributed by atoms with Crippen molar-refractivity contribution in [2.75, 3.05) is 13.1 Å². The number of rotatable bonds is 2. The Morgan fingerprint density at radius 2 is 2.00 bits per heavy atom.